The molecule has 0 amide bonds. The zero-order valence-corrected chi connectivity index (χ0v) is 15.3. The Labute approximate surface area is 164 Å². The third-order valence-electron chi connectivity index (χ3n) is 4.53. The van der Waals surface area contributed by atoms with Crippen molar-refractivity contribution < 1.29 is 5.21 Å². The molecule has 0 spiro atoms. The summed E-state index contributed by atoms with van der Waals surface area (Å²) < 4.78 is 0. The van der Waals surface area contributed by atoms with Gasteiger partial charge in [0.1, 0.15) is 6.34 Å². The van der Waals surface area contributed by atoms with Gasteiger partial charge in [-0.25, -0.2) is 10.1 Å². The Morgan fingerprint density at radius 1 is 0.571 bits per heavy atom. The lowest BCUT2D eigenvalue weighted by atomic mass is 10.0. The molecule has 0 fully saturated rings. The Kier molecular flexibility index (Phi) is 5.27. The smallest absolute Gasteiger partial charge is 0.122 e. The molecular formula is C25H20N2O. The molecule has 0 aliphatic carbocycles. The first kappa shape index (κ1) is 17.7. The van der Waals surface area contributed by atoms with Gasteiger partial charge in [0.2, 0.25) is 0 Å². The van der Waals surface area contributed by atoms with Crippen molar-refractivity contribution in [1.82, 2.24) is 0 Å². The molecule has 0 radical (unpaired) electrons. The maximum atomic E-state index is 10.7. The van der Waals surface area contributed by atoms with Crippen molar-refractivity contribution in [3.8, 4) is 22.3 Å². The van der Waals surface area contributed by atoms with E-state index in [0.29, 0.717) is 5.69 Å². The summed E-state index contributed by atoms with van der Waals surface area (Å²) in [6.45, 7) is 0. The third-order valence-corrected chi connectivity index (χ3v) is 4.53. The van der Waals surface area contributed by atoms with E-state index in [1.165, 1.54) is 6.34 Å². The SMILES string of the molecule is ON(C=Nc1ccccc1-c1ccccc1)c1ccccc1-c1ccccc1. The minimum atomic E-state index is 0.676. The fourth-order valence-electron chi connectivity index (χ4n) is 3.16. The van der Waals surface area contributed by atoms with Gasteiger partial charge >= 0.3 is 0 Å². The first-order chi connectivity index (χ1) is 13.8. The quantitative estimate of drug-likeness (QED) is 0.247. The lowest BCUT2D eigenvalue weighted by Crippen LogP contribution is -2.16. The van der Waals surface area contributed by atoms with Crippen LogP contribution in [0.4, 0.5) is 11.4 Å². The van der Waals surface area contributed by atoms with Crippen molar-refractivity contribution in [2.75, 3.05) is 5.06 Å². The third kappa shape index (κ3) is 3.85. The lowest BCUT2D eigenvalue weighted by Gasteiger charge is -2.16. The first-order valence-corrected chi connectivity index (χ1v) is 9.14. The van der Waals surface area contributed by atoms with Crippen molar-refractivity contribution >= 4 is 17.7 Å². The second-order valence-electron chi connectivity index (χ2n) is 6.36. The highest BCUT2D eigenvalue weighted by Crippen LogP contribution is 2.31. The minimum absolute atomic E-state index is 0.676. The van der Waals surface area contributed by atoms with Crippen LogP contribution in [0.15, 0.2) is 114 Å². The Bertz CT molecular complexity index is 1080. The highest BCUT2D eigenvalue weighted by Gasteiger charge is 2.09. The summed E-state index contributed by atoms with van der Waals surface area (Å²) >= 11 is 0. The van der Waals surface area contributed by atoms with Gasteiger partial charge in [0.05, 0.1) is 11.4 Å². The van der Waals surface area contributed by atoms with E-state index in [2.05, 4.69) is 17.1 Å². The van der Waals surface area contributed by atoms with Gasteiger partial charge in [-0.1, -0.05) is 97.1 Å². The van der Waals surface area contributed by atoms with Crippen LogP contribution in [0, 0.1) is 0 Å². The maximum Gasteiger partial charge on any atom is 0.122 e. The summed E-state index contributed by atoms with van der Waals surface area (Å²) in [5.74, 6) is 0. The molecule has 0 heterocycles. The largest absolute Gasteiger partial charge is 0.283 e. The summed E-state index contributed by atoms with van der Waals surface area (Å²) in [6.07, 6.45) is 1.45. The molecule has 3 nitrogen and oxygen atoms in total. The molecule has 0 saturated heterocycles. The molecule has 0 aliphatic rings. The molecule has 0 atom stereocenters. The highest BCUT2D eigenvalue weighted by molar-refractivity contribution is 5.89. The number of para-hydroxylation sites is 2. The van der Waals surface area contributed by atoms with Crippen LogP contribution in [0.25, 0.3) is 22.3 Å². The zero-order chi connectivity index (χ0) is 19.2. The van der Waals surface area contributed by atoms with E-state index >= 15 is 0 Å². The maximum absolute atomic E-state index is 10.7. The summed E-state index contributed by atoms with van der Waals surface area (Å²) in [4.78, 5) is 4.54. The van der Waals surface area contributed by atoms with E-state index in [1.807, 2.05) is 97.1 Å². The molecule has 3 heteroatoms. The van der Waals surface area contributed by atoms with Gasteiger partial charge < -0.3 is 0 Å². The molecule has 28 heavy (non-hydrogen) atoms. The van der Waals surface area contributed by atoms with Crippen LogP contribution in [0.1, 0.15) is 0 Å². The second-order valence-corrected chi connectivity index (χ2v) is 6.36. The number of aliphatic imine (C=N–C) groups is 1. The summed E-state index contributed by atoms with van der Waals surface area (Å²) in [5.41, 5.74) is 5.55. The number of hydrogen-bond acceptors (Lipinski definition) is 2. The summed E-state index contributed by atoms with van der Waals surface area (Å²) in [5, 5.41) is 11.7. The van der Waals surface area contributed by atoms with E-state index < -0.39 is 0 Å². The minimum Gasteiger partial charge on any atom is -0.283 e. The lowest BCUT2D eigenvalue weighted by molar-refractivity contribution is 0.317. The normalized spacial score (nSPS) is 10.9. The van der Waals surface area contributed by atoms with Gasteiger partial charge in [-0.3, -0.25) is 5.21 Å². The fourth-order valence-corrected chi connectivity index (χ4v) is 3.16. The van der Waals surface area contributed by atoms with E-state index in [-0.39, 0.29) is 0 Å². The molecule has 1 N–H and O–H groups in total. The Morgan fingerprint density at radius 2 is 1.07 bits per heavy atom. The topological polar surface area (TPSA) is 35.8 Å². The fraction of sp³-hybridized carbons (Fsp3) is 0. The summed E-state index contributed by atoms with van der Waals surface area (Å²) in [7, 11) is 0. The molecule has 0 bridgehead atoms. The highest BCUT2D eigenvalue weighted by atomic mass is 16.5. The Morgan fingerprint density at radius 3 is 1.75 bits per heavy atom. The molecule has 4 aromatic rings. The second kappa shape index (κ2) is 8.33. The average Bonchev–Trinajstić information content (AvgIpc) is 2.79. The van der Waals surface area contributed by atoms with Gasteiger partial charge in [0.15, 0.2) is 0 Å². The van der Waals surface area contributed by atoms with Crippen LogP contribution in [0.3, 0.4) is 0 Å². The Balaban J connectivity index is 1.66. The number of anilines is 1. The van der Waals surface area contributed by atoms with E-state index in [4.69, 9.17) is 0 Å². The molecule has 4 aromatic carbocycles. The number of benzene rings is 4. The molecule has 0 aromatic heterocycles. The zero-order valence-electron chi connectivity index (χ0n) is 15.3. The van der Waals surface area contributed by atoms with Gasteiger partial charge in [-0.15, -0.1) is 0 Å². The Hall–Kier alpha value is -3.69. The molecule has 4 rings (SSSR count). The predicted molar refractivity (Wildman–Crippen MR) is 116 cm³/mol. The predicted octanol–water partition coefficient (Wildman–Crippen LogP) is 6.58. The van der Waals surface area contributed by atoms with Gasteiger partial charge in [0, 0.05) is 11.1 Å². The van der Waals surface area contributed by atoms with Gasteiger partial charge in [-0.05, 0) is 23.3 Å². The molecular weight excluding hydrogens is 344 g/mol. The van der Waals surface area contributed by atoms with E-state index in [0.717, 1.165) is 33.0 Å². The van der Waals surface area contributed by atoms with Crippen molar-refractivity contribution in [3.63, 3.8) is 0 Å². The molecule has 0 aliphatic heterocycles. The average molecular weight is 364 g/mol. The number of hydrogen-bond donors (Lipinski definition) is 1. The van der Waals surface area contributed by atoms with E-state index in [1.54, 1.807) is 0 Å². The van der Waals surface area contributed by atoms with Crippen LogP contribution < -0.4 is 5.06 Å². The van der Waals surface area contributed by atoms with Crippen molar-refractivity contribution in [2.45, 2.75) is 0 Å². The van der Waals surface area contributed by atoms with Crippen LogP contribution >= 0.6 is 0 Å². The van der Waals surface area contributed by atoms with Gasteiger partial charge in [-0.2, -0.15) is 0 Å². The molecule has 0 unspecified atom stereocenters. The molecule has 0 saturated carbocycles. The van der Waals surface area contributed by atoms with Crippen molar-refractivity contribution in [1.29, 1.82) is 0 Å². The number of rotatable bonds is 5. The van der Waals surface area contributed by atoms with Crippen LogP contribution in [-0.2, 0) is 0 Å². The standard InChI is InChI=1S/C25H20N2O/c28-27(25-18-10-8-16-23(25)21-13-5-2-6-14-21)19-26-24-17-9-7-15-22(24)20-11-3-1-4-12-20/h1-19,28H. The number of nitrogens with zero attached hydrogens (tertiary/aromatic N) is 2. The first-order valence-electron chi connectivity index (χ1n) is 9.14. The number of hydroxylamine groups is 1. The van der Waals surface area contributed by atoms with Crippen molar-refractivity contribution in [2.24, 2.45) is 4.99 Å². The molecule has 136 valence electrons. The van der Waals surface area contributed by atoms with Crippen molar-refractivity contribution in [3.05, 3.63) is 109 Å². The monoisotopic (exact) mass is 364 g/mol. The summed E-state index contributed by atoms with van der Waals surface area (Å²) in [6, 6.07) is 35.7. The van der Waals surface area contributed by atoms with Crippen LogP contribution in [0.5, 0.6) is 0 Å². The van der Waals surface area contributed by atoms with Gasteiger partial charge in [0.25, 0.3) is 0 Å². The van der Waals surface area contributed by atoms with E-state index in [9.17, 15) is 5.21 Å². The van der Waals surface area contributed by atoms with Crippen LogP contribution in [-0.4, -0.2) is 11.5 Å². The van der Waals surface area contributed by atoms with Crippen LogP contribution in [0.2, 0.25) is 0 Å².